The molecule has 1 aromatic carbocycles. The van der Waals surface area contributed by atoms with Gasteiger partial charge in [-0.25, -0.2) is 0 Å². The number of carbonyl (C=O) groups excluding carboxylic acids is 3. The molecule has 8 nitrogen and oxygen atoms in total. The number of aromatic nitrogens is 1. The van der Waals surface area contributed by atoms with Gasteiger partial charge in [-0.15, -0.1) is 0 Å². The first-order valence-corrected chi connectivity index (χ1v) is 11.0. The Morgan fingerprint density at radius 1 is 1.23 bits per heavy atom. The normalized spacial score (nSPS) is 18.2. The second kappa shape index (κ2) is 10.00. The molecule has 2 unspecified atom stereocenters. The van der Waals surface area contributed by atoms with Crippen LogP contribution in [0.25, 0.3) is 0 Å². The molecule has 166 valence electrons. The minimum Gasteiger partial charge on any atom is -0.497 e. The van der Waals surface area contributed by atoms with Gasteiger partial charge in [0, 0.05) is 30.7 Å². The Morgan fingerprint density at radius 3 is 2.52 bits per heavy atom. The number of halogens is 1. The number of amides is 3. The second-order valence-corrected chi connectivity index (χ2v) is 8.48. The molecular formula is C22H27BrN4O4. The van der Waals surface area contributed by atoms with Gasteiger partial charge in [0.05, 0.1) is 19.1 Å². The maximum atomic E-state index is 13.0. The van der Waals surface area contributed by atoms with Crippen molar-refractivity contribution >= 4 is 33.7 Å². The average molecular weight is 491 g/mol. The van der Waals surface area contributed by atoms with Crippen LogP contribution in [0.4, 0.5) is 0 Å². The van der Waals surface area contributed by atoms with Gasteiger partial charge in [0.1, 0.15) is 11.4 Å². The van der Waals surface area contributed by atoms with E-state index in [1.807, 2.05) is 24.3 Å². The number of hydrazine groups is 1. The van der Waals surface area contributed by atoms with E-state index in [9.17, 15) is 14.4 Å². The number of aryl methyl sites for hydroxylation is 1. The number of likely N-dealkylation sites (tertiary alicyclic amines) is 1. The summed E-state index contributed by atoms with van der Waals surface area (Å²) in [6.07, 6.45) is 3.64. The summed E-state index contributed by atoms with van der Waals surface area (Å²) in [5, 5.41) is 0. The van der Waals surface area contributed by atoms with Crippen LogP contribution >= 0.6 is 15.9 Å². The van der Waals surface area contributed by atoms with Gasteiger partial charge < -0.3 is 14.2 Å². The molecule has 3 rings (SSSR count). The number of nitrogens with one attached hydrogen (secondary N) is 2. The van der Waals surface area contributed by atoms with Crippen LogP contribution in [0.3, 0.4) is 0 Å². The molecular weight excluding hydrogens is 464 g/mol. The van der Waals surface area contributed by atoms with E-state index >= 15 is 0 Å². The molecule has 1 aliphatic heterocycles. The molecule has 1 aliphatic rings. The molecule has 1 fully saturated rings. The number of hydrogen-bond donors (Lipinski definition) is 2. The minimum atomic E-state index is -0.613. The highest BCUT2D eigenvalue weighted by atomic mass is 79.9. The van der Waals surface area contributed by atoms with Crippen molar-refractivity contribution in [2.45, 2.75) is 32.2 Å². The molecule has 0 aliphatic carbocycles. The van der Waals surface area contributed by atoms with Crippen LogP contribution in [0.2, 0.25) is 0 Å². The fraction of sp³-hybridized carbons (Fsp3) is 0.409. The minimum absolute atomic E-state index is 0.0629. The van der Waals surface area contributed by atoms with Crippen LogP contribution in [-0.2, 0) is 16.6 Å². The fourth-order valence-electron chi connectivity index (χ4n) is 3.86. The van der Waals surface area contributed by atoms with Crippen LogP contribution < -0.4 is 15.6 Å². The largest absolute Gasteiger partial charge is 0.497 e. The van der Waals surface area contributed by atoms with Crippen molar-refractivity contribution in [2.24, 2.45) is 13.0 Å². The van der Waals surface area contributed by atoms with E-state index in [0.29, 0.717) is 18.0 Å². The molecule has 0 bridgehead atoms. The Bertz CT molecular complexity index is 957. The molecule has 31 heavy (non-hydrogen) atoms. The number of carbonyl (C=O) groups is 3. The van der Waals surface area contributed by atoms with Gasteiger partial charge in [-0.2, -0.15) is 0 Å². The van der Waals surface area contributed by atoms with E-state index in [4.69, 9.17) is 4.74 Å². The van der Waals surface area contributed by atoms with Gasteiger partial charge in [-0.05, 0) is 46.1 Å². The van der Waals surface area contributed by atoms with Crippen molar-refractivity contribution in [3.8, 4) is 5.75 Å². The monoisotopic (exact) mass is 490 g/mol. The van der Waals surface area contributed by atoms with Crippen molar-refractivity contribution in [3.05, 3.63) is 52.3 Å². The summed E-state index contributed by atoms with van der Waals surface area (Å²) in [5.41, 5.74) is 6.23. The summed E-state index contributed by atoms with van der Waals surface area (Å²) in [4.78, 5) is 39.9. The average Bonchev–Trinajstić information content (AvgIpc) is 3.28. The van der Waals surface area contributed by atoms with E-state index in [1.54, 1.807) is 35.9 Å². The van der Waals surface area contributed by atoms with Gasteiger partial charge >= 0.3 is 0 Å². The van der Waals surface area contributed by atoms with Gasteiger partial charge in [0.15, 0.2) is 0 Å². The molecule has 0 radical (unpaired) electrons. The predicted molar refractivity (Wildman–Crippen MR) is 119 cm³/mol. The standard InChI is InChI=1S/C22H27BrN4O4/c1-4-5-10-27-19(28)12-17(20(27)14-6-8-16(31-3)9-7-14)21(29)24-25-22(30)18-11-15(23)13-26(18)2/h6-9,11,13,17,20H,4-5,10,12H2,1-3H3,(H,24,29)(H,25,30). The van der Waals surface area contributed by atoms with Crippen LogP contribution in [0.1, 0.15) is 48.3 Å². The first-order valence-electron chi connectivity index (χ1n) is 10.2. The number of ether oxygens (including phenoxy) is 1. The number of rotatable bonds is 7. The van der Waals surface area contributed by atoms with Crippen molar-refractivity contribution in [1.82, 2.24) is 20.3 Å². The lowest BCUT2D eigenvalue weighted by Gasteiger charge is -2.28. The van der Waals surface area contributed by atoms with E-state index in [-0.39, 0.29) is 12.3 Å². The van der Waals surface area contributed by atoms with E-state index in [2.05, 4.69) is 33.7 Å². The Kier molecular flexibility index (Phi) is 7.37. The van der Waals surface area contributed by atoms with Crippen LogP contribution in [-0.4, -0.2) is 40.8 Å². The van der Waals surface area contributed by atoms with Crippen molar-refractivity contribution in [1.29, 1.82) is 0 Å². The number of unbranched alkanes of at least 4 members (excludes halogenated alkanes) is 1. The topological polar surface area (TPSA) is 92.7 Å². The maximum absolute atomic E-state index is 13.0. The van der Waals surface area contributed by atoms with Gasteiger partial charge in [0.25, 0.3) is 5.91 Å². The summed E-state index contributed by atoms with van der Waals surface area (Å²) >= 11 is 3.32. The highest BCUT2D eigenvalue weighted by Crippen LogP contribution is 2.39. The molecule has 0 saturated carbocycles. The summed E-state index contributed by atoms with van der Waals surface area (Å²) < 4.78 is 7.64. The third-order valence-electron chi connectivity index (χ3n) is 5.48. The highest BCUT2D eigenvalue weighted by molar-refractivity contribution is 9.10. The zero-order valence-corrected chi connectivity index (χ0v) is 19.4. The van der Waals surface area contributed by atoms with E-state index in [1.165, 1.54) is 0 Å². The number of nitrogens with zero attached hydrogens (tertiary/aromatic N) is 2. The first kappa shape index (κ1) is 22.9. The molecule has 3 amide bonds. The second-order valence-electron chi connectivity index (χ2n) is 7.57. The highest BCUT2D eigenvalue weighted by Gasteiger charge is 2.44. The lowest BCUT2D eigenvalue weighted by atomic mass is 9.93. The zero-order chi connectivity index (χ0) is 22.5. The summed E-state index contributed by atoms with van der Waals surface area (Å²) in [7, 11) is 3.33. The summed E-state index contributed by atoms with van der Waals surface area (Å²) in [5.74, 6) is -0.801. The zero-order valence-electron chi connectivity index (χ0n) is 17.9. The van der Waals surface area contributed by atoms with Crippen LogP contribution in [0.15, 0.2) is 41.0 Å². The number of benzene rings is 1. The Hall–Kier alpha value is -2.81. The third kappa shape index (κ3) is 5.10. The SMILES string of the molecule is CCCCN1C(=O)CC(C(=O)NNC(=O)c2cc(Br)cn2C)C1c1ccc(OC)cc1. The van der Waals surface area contributed by atoms with E-state index < -0.39 is 23.8 Å². The van der Waals surface area contributed by atoms with Gasteiger partial charge in [-0.1, -0.05) is 25.5 Å². The smallest absolute Gasteiger partial charge is 0.286 e. The quantitative estimate of drug-likeness (QED) is 0.583. The van der Waals surface area contributed by atoms with Crippen molar-refractivity contribution < 1.29 is 19.1 Å². The molecule has 1 aromatic heterocycles. The number of methoxy groups -OCH3 is 1. The lowest BCUT2D eigenvalue weighted by Crippen LogP contribution is -2.46. The molecule has 2 N–H and O–H groups in total. The lowest BCUT2D eigenvalue weighted by molar-refractivity contribution is -0.129. The van der Waals surface area contributed by atoms with Crippen molar-refractivity contribution in [2.75, 3.05) is 13.7 Å². The third-order valence-corrected chi connectivity index (χ3v) is 5.92. The predicted octanol–water partition coefficient (Wildman–Crippen LogP) is 2.95. The van der Waals surface area contributed by atoms with Crippen molar-refractivity contribution in [3.63, 3.8) is 0 Å². The Morgan fingerprint density at radius 2 is 1.94 bits per heavy atom. The molecule has 2 heterocycles. The van der Waals surface area contributed by atoms with Crippen LogP contribution in [0.5, 0.6) is 5.75 Å². The van der Waals surface area contributed by atoms with Gasteiger partial charge in [-0.3, -0.25) is 25.2 Å². The molecule has 9 heteroatoms. The molecule has 1 saturated heterocycles. The van der Waals surface area contributed by atoms with Gasteiger partial charge in [0.2, 0.25) is 11.8 Å². The summed E-state index contributed by atoms with van der Waals surface area (Å²) in [6.45, 7) is 2.64. The molecule has 2 aromatic rings. The van der Waals surface area contributed by atoms with Crippen LogP contribution in [0, 0.1) is 5.92 Å². The molecule has 0 spiro atoms. The Labute approximate surface area is 190 Å². The maximum Gasteiger partial charge on any atom is 0.286 e. The first-order chi connectivity index (χ1) is 14.8. The fourth-order valence-corrected chi connectivity index (χ4v) is 4.38. The van der Waals surface area contributed by atoms with E-state index in [0.717, 1.165) is 22.9 Å². The molecule has 2 atom stereocenters. The Balaban J connectivity index is 1.77. The summed E-state index contributed by atoms with van der Waals surface area (Å²) in [6, 6.07) is 8.65. The number of hydrogen-bond acceptors (Lipinski definition) is 4.